The Morgan fingerprint density at radius 1 is 0.714 bits per heavy atom. The minimum absolute atomic E-state index is 0.354. The molecule has 28 heavy (non-hydrogen) atoms. The molecular weight excluding hydrogens is 349 g/mol. The van der Waals surface area contributed by atoms with E-state index in [4.69, 9.17) is 0 Å². The van der Waals surface area contributed by atoms with Gasteiger partial charge in [-0.05, 0) is 41.5 Å². The highest BCUT2D eigenvalue weighted by molar-refractivity contribution is 5.61. The topological polar surface area (TPSA) is 30.3 Å². The van der Waals surface area contributed by atoms with Crippen LogP contribution < -0.4 is 9.80 Å². The zero-order chi connectivity index (χ0) is 20.3. The van der Waals surface area contributed by atoms with Crippen molar-refractivity contribution in [2.45, 2.75) is 5.41 Å². The van der Waals surface area contributed by atoms with Crippen molar-refractivity contribution in [1.29, 1.82) is 5.26 Å². The molecule has 0 bridgehead atoms. The van der Waals surface area contributed by atoms with Gasteiger partial charge in [0.1, 0.15) is 11.2 Å². The van der Waals surface area contributed by atoms with Crippen LogP contribution in [0.5, 0.6) is 0 Å². The summed E-state index contributed by atoms with van der Waals surface area (Å²) in [6.45, 7) is 0. The van der Waals surface area contributed by atoms with Gasteiger partial charge in [0.05, 0.1) is 6.07 Å². The maximum absolute atomic E-state index is 14.9. The van der Waals surface area contributed by atoms with Gasteiger partial charge in [-0.2, -0.15) is 5.26 Å². The third-order valence-electron chi connectivity index (χ3n) is 5.08. The van der Waals surface area contributed by atoms with Crippen LogP contribution >= 0.6 is 0 Å². The lowest BCUT2D eigenvalue weighted by Gasteiger charge is -2.30. The molecule has 0 spiro atoms. The Hall–Kier alpha value is -3.32. The van der Waals surface area contributed by atoms with Gasteiger partial charge in [0.2, 0.25) is 0 Å². The third-order valence-corrected chi connectivity index (χ3v) is 5.08. The summed E-state index contributed by atoms with van der Waals surface area (Å²) in [6.07, 6.45) is 0. The first-order valence-corrected chi connectivity index (χ1v) is 9.12. The molecule has 0 aromatic heterocycles. The predicted octanol–water partition coefficient (Wildman–Crippen LogP) is 4.82. The molecule has 0 heterocycles. The number of rotatable bonds is 5. The quantitative estimate of drug-likeness (QED) is 0.601. The number of halogens is 1. The molecule has 0 atom stereocenters. The van der Waals surface area contributed by atoms with E-state index in [1.165, 1.54) is 6.07 Å². The fraction of sp³-hybridized carbons (Fsp3) is 0.208. The van der Waals surface area contributed by atoms with Crippen LogP contribution in [0.1, 0.15) is 16.7 Å². The minimum atomic E-state index is -1.24. The summed E-state index contributed by atoms with van der Waals surface area (Å²) < 4.78 is 14.9. The number of hydrogen-bond acceptors (Lipinski definition) is 3. The second kappa shape index (κ2) is 7.74. The number of hydrogen-bond donors (Lipinski definition) is 0. The molecular formula is C24H24FN3. The number of nitrogens with zero attached hydrogens (tertiary/aromatic N) is 3. The second-order valence-corrected chi connectivity index (χ2v) is 7.22. The van der Waals surface area contributed by atoms with Crippen LogP contribution in [0.3, 0.4) is 0 Å². The molecule has 0 unspecified atom stereocenters. The van der Waals surface area contributed by atoms with Gasteiger partial charge in [-0.25, -0.2) is 4.39 Å². The summed E-state index contributed by atoms with van der Waals surface area (Å²) in [4.78, 5) is 3.99. The summed E-state index contributed by atoms with van der Waals surface area (Å²) in [7, 11) is 7.85. The molecule has 142 valence electrons. The Morgan fingerprint density at radius 2 is 1.14 bits per heavy atom. The highest BCUT2D eigenvalue weighted by Crippen LogP contribution is 2.41. The second-order valence-electron chi connectivity index (χ2n) is 7.22. The Labute approximate surface area is 166 Å². The fourth-order valence-electron chi connectivity index (χ4n) is 3.45. The molecule has 3 aromatic carbocycles. The summed E-state index contributed by atoms with van der Waals surface area (Å²) in [5.41, 5.74) is 2.64. The molecule has 0 amide bonds. The first kappa shape index (κ1) is 19.4. The largest absolute Gasteiger partial charge is 0.378 e. The van der Waals surface area contributed by atoms with Crippen molar-refractivity contribution in [3.63, 3.8) is 0 Å². The molecule has 3 aromatic rings. The Morgan fingerprint density at radius 3 is 1.50 bits per heavy atom. The molecule has 0 fully saturated rings. The normalized spacial score (nSPS) is 11.0. The average molecular weight is 373 g/mol. The predicted molar refractivity (Wildman–Crippen MR) is 113 cm³/mol. The van der Waals surface area contributed by atoms with E-state index in [2.05, 4.69) is 6.07 Å². The van der Waals surface area contributed by atoms with E-state index < -0.39 is 11.2 Å². The van der Waals surface area contributed by atoms with Crippen molar-refractivity contribution in [1.82, 2.24) is 0 Å². The van der Waals surface area contributed by atoms with Crippen LogP contribution in [-0.4, -0.2) is 28.2 Å². The monoisotopic (exact) mass is 373 g/mol. The van der Waals surface area contributed by atoms with Crippen molar-refractivity contribution >= 4 is 11.4 Å². The highest BCUT2D eigenvalue weighted by Gasteiger charge is 2.39. The lowest BCUT2D eigenvalue weighted by Crippen LogP contribution is -2.29. The fourth-order valence-corrected chi connectivity index (χ4v) is 3.45. The van der Waals surface area contributed by atoms with E-state index >= 15 is 0 Å². The van der Waals surface area contributed by atoms with Crippen molar-refractivity contribution in [3.8, 4) is 6.07 Å². The molecule has 0 saturated carbocycles. The van der Waals surface area contributed by atoms with E-state index in [-0.39, 0.29) is 0 Å². The highest BCUT2D eigenvalue weighted by atomic mass is 19.1. The molecule has 0 aliphatic rings. The van der Waals surface area contributed by atoms with Crippen molar-refractivity contribution < 1.29 is 4.39 Å². The van der Waals surface area contributed by atoms with Crippen LogP contribution in [0.15, 0.2) is 72.8 Å². The van der Waals surface area contributed by atoms with Crippen molar-refractivity contribution in [2.24, 2.45) is 0 Å². The van der Waals surface area contributed by atoms with Gasteiger partial charge in [-0.3, -0.25) is 0 Å². The van der Waals surface area contributed by atoms with Gasteiger partial charge in [-0.1, -0.05) is 42.5 Å². The van der Waals surface area contributed by atoms with E-state index in [1.54, 1.807) is 18.2 Å². The summed E-state index contributed by atoms with van der Waals surface area (Å²) in [6, 6.07) is 24.4. The standard InChI is InChI=1S/C24H24FN3/c1-27(2)20-13-9-18(10-14-20)24(17-26,22-7-5-6-8-23(22)25)19-11-15-21(16-12-19)28(3)4/h5-16H,1-4H3. The van der Waals surface area contributed by atoms with Gasteiger partial charge < -0.3 is 9.80 Å². The molecule has 3 nitrogen and oxygen atoms in total. The van der Waals surface area contributed by atoms with Crippen LogP contribution in [0, 0.1) is 17.1 Å². The summed E-state index contributed by atoms with van der Waals surface area (Å²) in [5.74, 6) is -0.391. The molecule has 4 heteroatoms. The van der Waals surface area contributed by atoms with Crippen LogP contribution in [0.25, 0.3) is 0 Å². The van der Waals surface area contributed by atoms with Gasteiger partial charge in [0.25, 0.3) is 0 Å². The molecule has 0 saturated heterocycles. The van der Waals surface area contributed by atoms with Crippen LogP contribution in [-0.2, 0) is 5.41 Å². The SMILES string of the molecule is CN(C)c1ccc(C(C#N)(c2ccc(N(C)C)cc2)c2ccccc2F)cc1. The van der Waals surface area contributed by atoms with Crippen molar-refractivity contribution in [2.75, 3.05) is 38.0 Å². The van der Waals surface area contributed by atoms with E-state index in [0.29, 0.717) is 5.56 Å². The van der Waals surface area contributed by atoms with E-state index in [0.717, 1.165) is 22.5 Å². The van der Waals surface area contributed by atoms with Gasteiger partial charge in [0, 0.05) is 45.1 Å². The van der Waals surface area contributed by atoms with E-state index in [9.17, 15) is 9.65 Å². The Balaban J connectivity index is 2.27. The number of benzene rings is 3. The molecule has 0 aliphatic heterocycles. The first-order valence-electron chi connectivity index (χ1n) is 9.12. The van der Waals surface area contributed by atoms with Gasteiger partial charge in [0.15, 0.2) is 0 Å². The third kappa shape index (κ3) is 3.32. The lowest BCUT2D eigenvalue weighted by molar-refractivity contribution is 0.589. The summed E-state index contributed by atoms with van der Waals surface area (Å²) in [5, 5.41) is 10.4. The number of anilines is 2. The first-order chi connectivity index (χ1) is 13.4. The van der Waals surface area contributed by atoms with E-state index in [1.807, 2.05) is 86.5 Å². The van der Waals surface area contributed by atoms with Gasteiger partial charge in [-0.15, -0.1) is 0 Å². The molecule has 3 rings (SSSR count). The Kier molecular flexibility index (Phi) is 5.37. The van der Waals surface area contributed by atoms with Crippen LogP contribution in [0.4, 0.5) is 15.8 Å². The molecule has 0 aliphatic carbocycles. The van der Waals surface area contributed by atoms with Crippen molar-refractivity contribution in [3.05, 3.63) is 95.3 Å². The summed E-state index contributed by atoms with van der Waals surface area (Å²) >= 11 is 0. The maximum Gasteiger partial charge on any atom is 0.135 e. The van der Waals surface area contributed by atoms with Crippen LogP contribution in [0.2, 0.25) is 0 Å². The Bertz CT molecular complexity index is 932. The number of nitriles is 1. The molecule has 0 radical (unpaired) electrons. The maximum atomic E-state index is 14.9. The molecule has 0 N–H and O–H groups in total. The zero-order valence-corrected chi connectivity index (χ0v) is 16.6. The van der Waals surface area contributed by atoms with Gasteiger partial charge >= 0.3 is 0 Å². The average Bonchev–Trinajstić information content (AvgIpc) is 2.71. The smallest absolute Gasteiger partial charge is 0.135 e. The lowest BCUT2D eigenvalue weighted by atomic mass is 9.70. The zero-order valence-electron chi connectivity index (χ0n) is 16.6. The minimum Gasteiger partial charge on any atom is -0.378 e.